The minimum atomic E-state index is 0.674. The third kappa shape index (κ3) is 3.53. The molecule has 6 aromatic carbocycles. The molecule has 0 saturated heterocycles. The molecule has 0 saturated carbocycles. The number of furan rings is 1. The minimum absolute atomic E-state index is 0.674. The van der Waals surface area contributed by atoms with Crippen LogP contribution in [0.4, 0.5) is 0 Å². The lowest BCUT2D eigenvalue weighted by atomic mass is 10.1. The highest BCUT2D eigenvalue weighted by Crippen LogP contribution is 2.45. The normalized spacial score (nSPS) is 12.0. The van der Waals surface area contributed by atoms with Crippen LogP contribution >= 0.6 is 11.3 Å². The monoisotopic (exact) mass is 593 g/mol. The average Bonchev–Trinajstić information content (AvgIpc) is 3.78. The Morgan fingerprint density at radius 1 is 0.556 bits per heavy atom. The summed E-state index contributed by atoms with van der Waals surface area (Å²) in [4.78, 5) is 10.3. The van der Waals surface area contributed by atoms with Gasteiger partial charge in [-0.05, 0) is 36.4 Å². The predicted molar refractivity (Wildman–Crippen MR) is 187 cm³/mol. The van der Waals surface area contributed by atoms with Crippen molar-refractivity contribution in [3.63, 3.8) is 0 Å². The highest BCUT2D eigenvalue weighted by Gasteiger charge is 2.23. The lowest BCUT2D eigenvalue weighted by Gasteiger charge is -2.15. The Morgan fingerprint density at radius 3 is 2.20 bits per heavy atom. The predicted octanol–water partition coefficient (Wildman–Crippen LogP) is 11.2. The number of aromatic nitrogens is 3. The molecule has 10 aromatic rings. The maximum atomic E-state index is 6.56. The third-order valence-corrected chi connectivity index (χ3v) is 9.96. The Kier molecular flexibility index (Phi) is 5.12. The van der Waals surface area contributed by atoms with Gasteiger partial charge in [0.05, 0.1) is 16.7 Å². The fourth-order valence-corrected chi connectivity index (χ4v) is 7.98. The highest BCUT2D eigenvalue weighted by molar-refractivity contribution is 7.26. The zero-order valence-electron chi connectivity index (χ0n) is 23.9. The largest absolute Gasteiger partial charge is 0.452 e. The van der Waals surface area contributed by atoms with Crippen molar-refractivity contribution in [3.05, 3.63) is 140 Å². The first-order valence-corrected chi connectivity index (χ1v) is 15.8. The molecule has 210 valence electrons. The first-order chi connectivity index (χ1) is 22.3. The number of rotatable bonds is 3. The van der Waals surface area contributed by atoms with E-state index >= 15 is 0 Å². The number of hydrogen-bond donors (Lipinski definition) is 0. The van der Waals surface area contributed by atoms with Crippen molar-refractivity contribution >= 4 is 75.4 Å². The maximum Gasteiger partial charge on any atom is 0.180 e. The Morgan fingerprint density at radius 2 is 1.29 bits per heavy atom. The van der Waals surface area contributed by atoms with Crippen LogP contribution in [0.15, 0.2) is 144 Å². The molecule has 0 aliphatic heterocycles. The first-order valence-electron chi connectivity index (χ1n) is 15.0. The quantitative estimate of drug-likeness (QED) is 0.205. The van der Waals surface area contributed by atoms with E-state index in [1.54, 1.807) is 0 Å². The van der Waals surface area contributed by atoms with Crippen LogP contribution in [0.3, 0.4) is 0 Å². The number of nitrogens with zero attached hydrogens (tertiary/aromatic N) is 3. The lowest BCUT2D eigenvalue weighted by Crippen LogP contribution is -2.00. The van der Waals surface area contributed by atoms with Crippen LogP contribution in [0.2, 0.25) is 0 Å². The van der Waals surface area contributed by atoms with Crippen molar-refractivity contribution in [1.82, 2.24) is 14.5 Å². The summed E-state index contributed by atoms with van der Waals surface area (Å²) < 4.78 is 11.6. The molecule has 0 radical (unpaired) electrons. The Bertz CT molecular complexity index is 2770. The molecule has 45 heavy (non-hydrogen) atoms. The third-order valence-electron chi connectivity index (χ3n) is 8.83. The van der Waals surface area contributed by atoms with Crippen LogP contribution < -0.4 is 0 Å². The van der Waals surface area contributed by atoms with Crippen molar-refractivity contribution in [3.8, 4) is 28.3 Å². The Hall–Kier alpha value is -5.78. The van der Waals surface area contributed by atoms with Crippen LogP contribution in [-0.4, -0.2) is 14.5 Å². The van der Waals surface area contributed by atoms with Crippen molar-refractivity contribution < 1.29 is 4.42 Å². The molecule has 0 bridgehead atoms. The van der Waals surface area contributed by atoms with E-state index in [0.717, 1.165) is 44.5 Å². The van der Waals surface area contributed by atoms with Gasteiger partial charge in [0.25, 0.3) is 0 Å². The van der Waals surface area contributed by atoms with Crippen molar-refractivity contribution in [2.24, 2.45) is 0 Å². The number of fused-ring (bicyclic) bond motifs is 10. The van der Waals surface area contributed by atoms with E-state index in [1.807, 2.05) is 47.7 Å². The lowest BCUT2D eigenvalue weighted by molar-refractivity contribution is 0.667. The van der Waals surface area contributed by atoms with E-state index in [-0.39, 0.29) is 0 Å². The topological polar surface area (TPSA) is 43.9 Å². The molecule has 0 spiro atoms. The Labute approximate surface area is 261 Å². The Balaban J connectivity index is 1.37. The molecule has 4 heterocycles. The molecule has 0 N–H and O–H groups in total. The standard InChI is InChI=1S/C40H23N3OS/c1-2-12-24(13-3-1)40-41-36(39-37(42-40)28-16-6-10-20-32(28)44-39)27-15-5-9-19-31(27)43-30-18-8-4-14-25(30)26-22-23-34-35(38(26)43)29-17-7-11-21-33(29)45-34/h1-23H. The van der Waals surface area contributed by atoms with Crippen LogP contribution in [0, 0.1) is 0 Å². The second-order valence-corrected chi connectivity index (χ2v) is 12.4. The maximum absolute atomic E-state index is 6.56. The van der Waals surface area contributed by atoms with Crippen molar-refractivity contribution in [2.75, 3.05) is 0 Å². The van der Waals surface area contributed by atoms with Crippen LogP contribution in [0.5, 0.6) is 0 Å². The van der Waals surface area contributed by atoms with Gasteiger partial charge >= 0.3 is 0 Å². The molecule has 4 nitrogen and oxygen atoms in total. The molecule has 0 aliphatic rings. The molecule has 0 amide bonds. The summed E-state index contributed by atoms with van der Waals surface area (Å²) in [7, 11) is 0. The summed E-state index contributed by atoms with van der Waals surface area (Å²) in [6, 6.07) is 48.8. The molecule has 0 atom stereocenters. The highest BCUT2D eigenvalue weighted by atomic mass is 32.1. The van der Waals surface area contributed by atoms with Gasteiger partial charge in [0.2, 0.25) is 0 Å². The van der Waals surface area contributed by atoms with E-state index in [9.17, 15) is 0 Å². The van der Waals surface area contributed by atoms with E-state index < -0.39 is 0 Å². The minimum Gasteiger partial charge on any atom is -0.452 e. The SMILES string of the molecule is c1ccc(-c2nc(-c3ccccc3-n3c4ccccc4c4ccc5sc6ccccc6c5c43)c3oc4ccccc4c3n2)cc1. The zero-order chi connectivity index (χ0) is 29.5. The summed E-state index contributed by atoms with van der Waals surface area (Å²) in [5, 5.41) is 5.99. The second kappa shape index (κ2) is 9.36. The molecular formula is C40H23N3OS. The van der Waals surface area contributed by atoms with E-state index in [2.05, 4.69) is 108 Å². The van der Waals surface area contributed by atoms with Gasteiger partial charge in [-0.15, -0.1) is 11.3 Å². The number of para-hydroxylation sites is 3. The van der Waals surface area contributed by atoms with E-state index in [4.69, 9.17) is 14.4 Å². The fourth-order valence-electron chi connectivity index (χ4n) is 6.87. The summed E-state index contributed by atoms with van der Waals surface area (Å²) in [6.07, 6.45) is 0. The fraction of sp³-hybridized carbons (Fsp3) is 0. The summed E-state index contributed by atoms with van der Waals surface area (Å²) >= 11 is 1.85. The number of thiophene rings is 1. The van der Waals surface area contributed by atoms with Crippen LogP contribution in [0.1, 0.15) is 0 Å². The molecule has 4 aromatic heterocycles. The van der Waals surface area contributed by atoms with Crippen molar-refractivity contribution in [2.45, 2.75) is 0 Å². The zero-order valence-corrected chi connectivity index (χ0v) is 24.8. The number of benzene rings is 6. The summed E-state index contributed by atoms with van der Waals surface area (Å²) in [5.74, 6) is 0.674. The van der Waals surface area contributed by atoms with E-state index in [1.165, 1.54) is 36.5 Å². The van der Waals surface area contributed by atoms with E-state index in [0.29, 0.717) is 11.4 Å². The van der Waals surface area contributed by atoms with Crippen molar-refractivity contribution in [1.29, 1.82) is 0 Å². The smallest absolute Gasteiger partial charge is 0.180 e. The van der Waals surface area contributed by atoms with Gasteiger partial charge in [0, 0.05) is 47.5 Å². The molecule has 0 unspecified atom stereocenters. The van der Waals surface area contributed by atoms with Crippen LogP contribution in [-0.2, 0) is 0 Å². The summed E-state index contributed by atoms with van der Waals surface area (Å²) in [5.41, 5.74) is 8.44. The van der Waals surface area contributed by atoms with Gasteiger partial charge in [-0.1, -0.05) is 103 Å². The van der Waals surface area contributed by atoms with Gasteiger partial charge in [0.15, 0.2) is 11.4 Å². The van der Waals surface area contributed by atoms with Crippen LogP contribution in [0.25, 0.3) is 92.4 Å². The number of hydrogen-bond acceptors (Lipinski definition) is 4. The molecule has 0 fully saturated rings. The van der Waals surface area contributed by atoms with Gasteiger partial charge in [-0.25, -0.2) is 9.97 Å². The van der Waals surface area contributed by atoms with Gasteiger partial charge in [-0.3, -0.25) is 0 Å². The molecule has 10 rings (SSSR count). The van der Waals surface area contributed by atoms with Gasteiger partial charge < -0.3 is 8.98 Å². The first kappa shape index (κ1) is 24.6. The molecular weight excluding hydrogens is 571 g/mol. The second-order valence-electron chi connectivity index (χ2n) is 11.3. The molecule has 5 heteroatoms. The average molecular weight is 594 g/mol. The summed E-state index contributed by atoms with van der Waals surface area (Å²) in [6.45, 7) is 0. The van der Waals surface area contributed by atoms with Gasteiger partial charge in [0.1, 0.15) is 16.8 Å². The molecule has 0 aliphatic carbocycles. The van der Waals surface area contributed by atoms with Gasteiger partial charge in [-0.2, -0.15) is 0 Å².